The number of carbonyl (C=O) groups excluding carboxylic acids is 2. The van der Waals surface area contributed by atoms with Crippen LogP contribution in [0.2, 0.25) is 0 Å². The van der Waals surface area contributed by atoms with E-state index in [1.54, 1.807) is 48.5 Å². The second-order valence-corrected chi connectivity index (χ2v) is 6.82. The molecule has 0 spiro atoms. The number of hydrogen-bond donors (Lipinski definition) is 2. The van der Waals surface area contributed by atoms with E-state index < -0.39 is 42.8 Å². The molecule has 0 saturated heterocycles. The number of hydrogen-bond acceptors (Lipinski definition) is 6. The van der Waals surface area contributed by atoms with E-state index in [1.807, 2.05) is 12.1 Å². The van der Waals surface area contributed by atoms with E-state index in [2.05, 4.69) is 6.58 Å². The first-order valence-corrected chi connectivity index (χ1v) is 9.34. The molecule has 0 aliphatic rings. The van der Waals surface area contributed by atoms with Crippen molar-refractivity contribution in [2.24, 2.45) is 0 Å². The second kappa shape index (κ2) is 10.5. The molecule has 0 fully saturated rings. The molecule has 4 atom stereocenters. The highest BCUT2D eigenvalue weighted by Gasteiger charge is 2.26. The Labute approximate surface area is 170 Å². The minimum atomic E-state index is -0.946. The summed E-state index contributed by atoms with van der Waals surface area (Å²) in [4.78, 5) is 24.7. The van der Waals surface area contributed by atoms with Gasteiger partial charge in [0.2, 0.25) is 0 Å². The number of esters is 2. The normalized spacial score (nSPS) is 14.9. The van der Waals surface area contributed by atoms with Crippen LogP contribution in [0.5, 0.6) is 0 Å². The van der Waals surface area contributed by atoms with Crippen LogP contribution in [0, 0.1) is 0 Å². The van der Waals surface area contributed by atoms with E-state index in [0.29, 0.717) is 11.1 Å². The molecule has 2 aromatic rings. The van der Waals surface area contributed by atoms with E-state index in [-0.39, 0.29) is 5.57 Å². The number of rotatable bonds is 9. The van der Waals surface area contributed by atoms with Gasteiger partial charge < -0.3 is 19.7 Å². The molecule has 0 aliphatic carbocycles. The lowest BCUT2D eigenvalue weighted by atomic mass is 10.0. The molecule has 0 amide bonds. The van der Waals surface area contributed by atoms with Crippen molar-refractivity contribution in [3.05, 3.63) is 83.9 Å². The van der Waals surface area contributed by atoms with Crippen LogP contribution in [0.1, 0.15) is 43.6 Å². The average molecular weight is 398 g/mol. The zero-order chi connectivity index (χ0) is 21.4. The number of benzene rings is 2. The maximum Gasteiger partial charge on any atom is 0.334 e. The smallest absolute Gasteiger partial charge is 0.334 e. The molecule has 0 saturated carbocycles. The number of aliphatic hydroxyl groups excluding tert-OH is 2. The summed E-state index contributed by atoms with van der Waals surface area (Å²) >= 11 is 0. The van der Waals surface area contributed by atoms with E-state index in [1.165, 1.54) is 13.8 Å². The maximum atomic E-state index is 12.4. The van der Waals surface area contributed by atoms with Gasteiger partial charge in [-0.1, -0.05) is 67.2 Å². The Morgan fingerprint density at radius 3 is 1.66 bits per heavy atom. The Kier molecular flexibility index (Phi) is 8.12. The third-order valence-electron chi connectivity index (χ3n) is 4.27. The van der Waals surface area contributed by atoms with Gasteiger partial charge >= 0.3 is 11.9 Å². The van der Waals surface area contributed by atoms with Gasteiger partial charge in [0.05, 0.1) is 18.6 Å². The summed E-state index contributed by atoms with van der Waals surface area (Å²) < 4.78 is 10.7. The van der Waals surface area contributed by atoms with Crippen molar-refractivity contribution in [3.8, 4) is 0 Å². The molecule has 154 valence electrons. The van der Waals surface area contributed by atoms with Gasteiger partial charge in [-0.2, -0.15) is 0 Å². The molecule has 4 unspecified atom stereocenters. The van der Waals surface area contributed by atoms with Crippen LogP contribution in [0.4, 0.5) is 0 Å². The summed E-state index contributed by atoms with van der Waals surface area (Å²) in [6.45, 7) is 6.63. The lowest BCUT2D eigenvalue weighted by Crippen LogP contribution is -2.24. The van der Waals surface area contributed by atoms with Crippen LogP contribution < -0.4 is 0 Å². The Balaban J connectivity index is 1.99. The first kappa shape index (κ1) is 22.3. The number of ether oxygens (including phenoxy) is 2. The fourth-order valence-electron chi connectivity index (χ4n) is 2.80. The summed E-state index contributed by atoms with van der Waals surface area (Å²) in [5, 5.41) is 19.9. The van der Waals surface area contributed by atoms with Crippen molar-refractivity contribution < 1.29 is 29.3 Å². The largest absolute Gasteiger partial charge is 0.454 e. The van der Waals surface area contributed by atoms with Crippen LogP contribution >= 0.6 is 0 Å². The molecule has 6 nitrogen and oxygen atoms in total. The predicted octanol–water partition coefficient (Wildman–Crippen LogP) is 3.26. The predicted molar refractivity (Wildman–Crippen MR) is 108 cm³/mol. The van der Waals surface area contributed by atoms with Crippen molar-refractivity contribution >= 4 is 11.9 Å². The molecule has 0 radical (unpaired) electrons. The Hall–Kier alpha value is -2.96. The lowest BCUT2D eigenvalue weighted by molar-refractivity contribution is -0.157. The van der Waals surface area contributed by atoms with Crippen molar-refractivity contribution in [1.82, 2.24) is 0 Å². The van der Waals surface area contributed by atoms with Gasteiger partial charge in [0.1, 0.15) is 0 Å². The molecule has 29 heavy (non-hydrogen) atoms. The Bertz CT molecular complexity index is 814. The highest BCUT2D eigenvalue weighted by Crippen LogP contribution is 2.25. The van der Waals surface area contributed by atoms with Gasteiger partial charge in [-0.3, -0.25) is 4.79 Å². The molecule has 0 aliphatic heterocycles. The third-order valence-corrected chi connectivity index (χ3v) is 4.27. The summed E-state index contributed by atoms with van der Waals surface area (Å²) in [5.41, 5.74) is 1.17. The van der Waals surface area contributed by atoms with Gasteiger partial charge in [0, 0.05) is 5.57 Å². The van der Waals surface area contributed by atoms with Crippen molar-refractivity contribution in [2.45, 2.75) is 44.7 Å². The molecular formula is C23H26O6. The van der Waals surface area contributed by atoms with Gasteiger partial charge in [0.25, 0.3) is 0 Å². The zero-order valence-corrected chi connectivity index (χ0v) is 16.5. The van der Waals surface area contributed by atoms with E-state index in [0.717, 1.165) is 0 Å². The fraction of sp³-hybridized carbons (Fsp3) is 0.304. The molecule has 0 heterocycles. The summed E-state index contributed by atoms with van der Waals surface area (Å²) in [7, 11) is 0. The topological polar surface area (TPSA) is 93.1 Å². The molecule has 6 heteroatoms. The average Bonchev–Trinajstić information content (AvgIpc) is 2.70. The molecular weight excluding hydrogens is 372 g/mol. The number of carbonyl (C=O) groups is 2. The lowest BCUT2D eigenvalue weighted by Gasteiger charge is -2.22. The Morgan fingerprint density at radius 1 is 0.828 bits per heavy atom. The minimum absolute atomic E-state index is 0.103. The van der Waals surface area contributed by atoms with Crippen LogP contribution in [0.25, 0.3) is 0 Å². The first-order valence-electron chi connectivity index (χ1n) is 9.34. The molecule has 0 bridgehead atoms. The molecule has 2 N–H and O–H groups in total. The third kappa shape index (κ3) is 6.55. The molecule has 2 rings (SSSR count). The van der Waals surface area contributed by atoms with Gasteiger partial charge in [-0.15, -0.1) is 0 Å². The minimum Gasteiger partial charge on any atom is -0.454 e. The maximum absolute atomic E-state index is 12.4. The fourth-order valence-corrected chi connectivity index (χ4v) is 2.80. The highest BCUT2D eigenvalue weighted by molar-refractivity contribution is 5.93. The quantitative estimate of drug-likeness (QED) is 0.497. The van der Waals surface area contributed by atoms with Crippen LogP contribution in [-0.2, 0) is 19.1 Å². The Morgan fingerprint density at radius 2 is 1.24 bits per heavy atom. The van der Waals surface area contributed by atoms with Crippen LogP contribution in [0.3, 0.4) is 0 Å². The van der Waals surface area contributed by atoms with Crippen molar-refractivity contribution in [3.63, 3.8) is 0 Å². The van der Waals surface area contributed by atoms with E-state index in [9.17, 15) is 19.8 Å². The first-order chi connectivity index (χ1) is 13.8. The molecule has 2 aromatic carbocycles. The number of aliphatic hydroxyl groups is 2. The second-order valence-electron chi connectivity index (χ2n) is 6.82. The summed E-state index contributed by atoms with van der Waals surface area (Å²) in [6, 6.07) is 17.6. The van der Waals surface area contributed by atoms with Crippen LogP contribution in [-0.4, -0.2) is 34.4 Å². The van der Waals surface area contributed by atoms with Crippen molar-refractivity contribution in [2.75, 3.05) is 0 Å². The van der Waals surface area contributed by atoms with Crippen LogP contribution in [0.15, 0.2) is 72.8 Å². The summed E-state index contributed by atoms with van der Waals surface area (Å²) in [6.07, 6.45) is -4.01. The molecule has 0 aromatic heterocycles. The monoisotopic (exact) mass is 398 g/mol. The van der Waals surface area contributed by atoms with Gasteiger partial charge in [-0.25, -0.2) is 4.79 Å². The van der Waals surface area contributed by atoms with E-state index >= 15 is 0 Å². The summed E-state index contributed by atoms with van der Waals surface area (Å²) in [5.74, 6) is -1.51. The van der Waals surface area contributed by atoms with E-state index in [4.69, 9.17) is 9.47 Å². The van der Waals surface area contributed by atoms with Gasteiger partial charge in [0.15, 0.2) is 12.2 Å². The van der Waals surface area contributed by atoms with Crippen molar-refractivity contribution in [1.29, 1.82) is 0 Å². The zero-order valence-electron chi connectivity index (χ0n) is 16.5. The SMILES string of the molecule is C=C(CC(=O)OC(c1ccccc1)C(C)O)C(=O)OC(c1ccccc1)C(C)O. The standard InChI is InChI=1S/C23H26O6/c1-15(23(27)29-22(17(3)25)19-12-8-5-9-13-19)14-20(26)28-21(16(2)24)18-10-6-4-7-11-18/h4-13,16-17,21-22,24-25H,1,14H2,2-3H3. The highest BCUT2D eigenvalue weighted by atomic mass is 16.6. The van der Waals surface area contributed by atoms with Gasteiger partial charge in [-0.05, 0) is 25.0 Å².